The lowest BCUT2D eigenvalue weighted by atomic mass is 10.3. The third-order valence-electron chi connectivity index (χ3n) is 2.91. The van der Waals surface area contributed by atoms with E-state index in [1.165, 1.54) is 24.4 Å². The average Bonchev–Trinajstić information content (AvgIpc) is 3.17. The van der Waals surface area contributed by atoms with E-state index >= 15 is 0 Å². The Kier molecular flexibility index (Phi) is 3.50. The maximum Gasteiger partial charge on any atom is 0.202 e. The molecule has 100 valence electrons. The Labute approximate surface area is 116 Å². The second-order valence-corrected chi connectivity index (χ2v) is 5.33. The van der Waals surface area contributed by atoms with Crippen LogP contribution in [0.5, 0.6) is 5.75 Å². The van der Waals surface area contributed by atoms with Gasteiger partial charge in [0.2, 0.25) is 5.13 Å². The first kappa shape index (κ1) is 12.2. The van der Waals surface area contributed by atoms with Crippen LogP contribution < -0.4 is 15.8 Å². The number of benzene rings is 1. The van der Waals surface area contributed by atoms with Crippen LogP contribution in [0.4, 0.5) is 10.8 Å². The topological polar surface area (TPSA) is 73.1 Å². The fourth-order valence-electron chi connectivity index (χ4n) is 1.70. The molecule has 5 nitrogen and oxygen atoms in total. The maximum atomic E-state index is 5.61. The highest BCUT2D eigenvalue weighted by Crippen LogP contribution is 2.39. The molecule has 1 fully saturated rings. The number of anilines is 2. The van der Waals surface area contributed by atoms with Crippen molar-refractivity contribution in [1.29, 1.82) is 0 Å². The Hall–Kier alpha value is -1.82. The first-order valence-electron chi connectivity index (χ1n) is 6.37. The molecule has 0 saturated heterocycles. The van der Waals surface area contributed by atoms with E-state index in [1.807, 2.05) is 24.3 Å². The van der Waals surface area contributed by atoms with Crippen molar-refractivity contribution >= 4 is 22.4 Å². The smallest absolute Gasteiger partial charge is 0.202 e. The summed E-state index contributed by atoms with van der Waals surface area (Å²) >= 11 is 1.42. The van der Waals surface area contributed by atoms with Crippen LogP contribution in [-0.2, 0) is 0 Å². The molecule has 1 aromatic carbocycles. The molecule has 19 heavy (non-hydrogen) atoms. The van der Waals surface area contributed by atoms with E-state index in [4.69, 9.17) is 10.5 Å². The number of nitrogen functional groups attached to an aromatic ring is 1. The van der Waals surface area contributed by atoms with Crippen molar-refractivity contribution in [3.63, 3.8) is 0 Å². The lowest BCUT2D eigenvalue weighted by Crippen LogP contribution is -2.11. The van der Waals surface area contributed by atoms with Gasteiger partial charge in [0.15, 0.2) is 0 Å². The lowest BCUT2D eigenvalue weighted by molar-refractivity contribution is 0.333. The van der Waals surface area contributed by atoms with Crippen LogP contribution in [0.15, 0.2) is 24.3 Å². The van der Waals surface area contributed by atoms with Gasteiger partial charge in [0.1, 0.15) is 18.2 Å². The molecule has 0 bridgehead atoms. The predicted molar refractivity (Wildman–Crippen MR) is 76.7 cm³/mol. The molecule has 1 aliphatic rings. The minimum atomic E-state index is 0.586. The summed E-state index contributed by atoms with van der Waals surface area (Å²) in [6, 6.07) is 7.39. The molecule has 2 aromatic rings. The van der Waals surface area contributed by atoms with Crippen LogP contribution in [-0.4, -0.2) is 22.5 Å². The Morgan fingerprint density at radius 2 is 2.11 bits per heavy atom. The summed E-state index contributed by atoms with van der Waals surface area (Å²) < 4.78 is 9.93. The highest BCUT2D eigenvalue weighted by molar-refractivity contribution is 7.09. The van der Waals surface area contributed by atoms with Gasteiger partial charge in [-0.2, -0.15) is 4.37 Å². The molecule has 0 spiro atoms. The zero-order valence-electron chi connectivity index (χ0n) is 10.5. The molecular weight excluding hydrogens is 260 g/mol. The summed E-state index contributed by atoms with van der Waals surface area (Å²) in [4.78, 5) is 4.45. The zero-order chi connectivity index (χ0) is 13.1. The third-order valence-corrected chi connectivity index (χ3v) is 3.60. The minimum Gasteiger partial charge on any atom is -0.492 e. The molecule has 0 unspecified atom stereocenters. The van der Waals surface area contributed by atoms with Crippen LogP contribution in [0.3, 0.4) is 0 Å². The van der Waals surface area contributed by atoms with Gasteiger partial charge in [0.05, 0.1) is 6.54 Å². The van der Waals surface area contributed by atoms with Gasteiger partial charge in [-0.05, 0) is 37.1 Å². The monoisotopic (exact) mass is 276 g/mol. The number of nitrogens with one attached hydrogen (secondary N) is 1. The van der Waals surface area contributed by atoms with Crippen molar-refractivity contribution in [2.45, 2.75) is 18.8 Å². The van der Waals surface area contributed by atoms with Crippen molar-refractivity contribution in [1.82, 2.24) is 9.36 Å². The number of hydrogen-bond donors (Lipinski definition) is 2. The third kappa shape index (κ3) is 3.35. The summed E-state index contributed by atoms with van der Waals surface area (Å²) in [5.41, 5.74) is 6.35. The van der Waals surface area contributed by atoms with Crippen molar-refractivity contribution in [2.75, 3.05) is 24.2 Å². The number of nitrogens with two attached hydrogens (primary N) is 1. The Balaban J connectivity index is 1.41. The number of ether oxygens (including phenoxy) is 1. The van der Waals surface area contributed by atoms with E-state index in [0.717, 1.165) is 22.4 Å². The largest absolute Gasteiger partial charge is 0.492 e. The molecule has 0 aliphatic heterocycles. The quantitative estimate of drug-likeness (QED) is 0.626. The minimum absolute atomic E-state index is 0.586. The fraction of sp³-hybridized carbons (Fsp3) is 0.385. The van der Waals surface area contributed by atoms with Crippen LogP contribution in [0.2, 0.25) is 0 Å². The van der Waals surface area contributed by atoms with Crippen LogP contribution >= 0.6 is 11.5 Å². The molecule has 0 atom stereocenters. The normalized spacial score (nSPS) is 14.3. The van der Waals surface area contributed by atoms with Crippen molar-refractivity contribution in [3.05, 3.63) is 30.1 Å². The van der Waals surface area contributed by atoms with E-state index in [1.54, 1.807) is 0 Å². The SMILES string of the molecule is Nc1ccc(OCCNc2nc(C3CC3)ns2)cc1. The molecule has 0 amide bonds. The molecule has 6 heteroatoms. The summed E-state index contributed by atoms with van der Waals surface area (Å²) in [7, 11) is 0. The van der Waals surface area contributed by atoms with Gasteiger partial charge in [-0.15, -0.1) is 0 Å². The van der Waals surface area contributed by atoms with Gasteiger partial charge in [-0.1, -0.05) is 0 Å². The second-order valence-electron chi connectivity index (χ2n) is 4.58. The van der Waals surface area contributed by atoms with Gasteiger partial charge in [0, 0.05) is 23.1 Å². The summed E-state index contributed by atoms with van der Waals surface area (Å²) in [5.74, 6) is 2.43. The molecule has 1 heterocycles. The molecule has 1 aromatic heterocycles. The zero-order valence-corrected chi connectivity index (χ0v) is 11.3. The van der Waals surface area contributed by atoms with Crippen molar-refractivity contribution in [3.8, 4) is 5.75 Å². The summed E-state index contributed by atoms with van der Waals surface area (Å²) in [6.07, 6.45) is 2.47. The molecule has 3 rings (SSSR count). The van der Waals surface area contributed by atoms with Crippen molar-refractivity contribution < 1.29 is 4.74 Å². The molecular formula is C13H16N4OS. The average molecular weight is 276 g/mol. The van der Waals surface area contributed by atoms with Crippen molar-refractivity contribution in [2.24, 2.45) is 0 Å². The van der Waals surface area contributed by atoms with Gasteiger partial charge in [-0.3, -0.25) is 0 Å². The first-order valence-corrected chi connectivity index (χ1v) is 7.14. The number of hydrogen-bond acceptors (Lipinski definition) is 6. The van der Waals surface area contributed by atoms with Gasteiger partial charge >= 0.3 is 0 Å². The molecule has 1 saturated carbocycles. The molecule has 1 aliphatic carbocycles. The predicted octanol–water partition coefficient (Wildman–Crippen LogP) is 2.49. The van der Waals surface area contributed by atoms with Crippen LogP contribution in [0.1, 0.15) is 24.6 Å². The lowest BCUT2D eigenvalue weighted by Gasteiger charge is -2.06. The second kappa shape index (κ2) is 5.44. The Morgan fingerprint density at radius 1 is 1.32 bits per heavy atom. The highest BCUT2D eigenvalue weighted by atomic mass is 32.1. The van der Waals surface area contributed by atoms with Crippen LogP contribution in [0.25, 0.3) is 0 Å². The van der Waals surface area contributed by atoms with E-state index in [9.17, 15) is 0 Å². The van der Waals surface area contributed by atoms with E-state index in [2.05, 4.69) is 14.7 Å². The van der Waals surface area contributed by atoms with E-state index < -0.39 is 0 Å². The van der Waals surface area contributed by atoms with E-state index in [-0.39, 0.29) is 0 Å². The maximum absolute atomic E-state index is 5.61. The van der Waals surface area contributed by atoms with E-state index in [0.29, 0.717) is 19.1 Å². The molecule has 3 N–H and O–H groups in total. The standard InChI is InChI=1S/C13H16N4OS/c14-10-3-5-11(6-4-10)18-8-7-15-13-16-12(17-19-13)9-1-2-9/h3-6,9H,1-2,7-8,14H2,(H,15,16,17). The van der Waals surface area contributed by atoms with Gasteiger partial charge in [0.25, 0.3) is 0 Å². The summed E-state index contributed by atoms with van der Waals surface area (Å²) in [5, 5.41) is 4.10. The fourth-order valence-corrected chi connectivity index (χ4v) is 2.38. The summed E-state index contributed by atoms with van der Waals surface area (Å²) in [6.45, 7) is 1.30. The van der Waals surface area contributed by atoms with Gasteiger partial charge < -0.3 is 15.8 Å². The van der Waals surface area contributed by atoms with Gasteiger partial charge in [-0.25, -0.2) is 4.98 Å². The number of nitrogens with zero attached hydrogens (tertiary/aromatic N) is 2. The van der Waals surface area contributed by atoms with Crippen LogP contribution in [0, 0.1) is 0 Å². The number of rotatable bonds is 6. The first-order chi connectivity index (χ1) is 9.31. The molecule has 0 radical (unpaired) electrons. The highest BCUT2D eigenvalue weighted by Gasteiger charge is 2.27. The Bertz CT molecular complexity index is 536. The number of aromatic nitrogens is 2. The Morgan fingerprint density at radius 3 is 2.84 bits per heavy atom.